The van der Waals surface area contributed by atoms with Crippen LogP contribution in [0.1, 0.15) is 22.8 Å². The molecule has 0 fully saturated rings. The Bertz CT molecular complexity index is 253. The smallest absolute Gasteiger partial charge is 0.103 e. The van der Waals surface area contributed by atoms with Crippen LogP contribution in [0.3, 0.4) is 0 Å². The zero-order valence-electron chi connectivity index (χ0n) is 7.04. The third-order valence-corrected chi connectivity index (χ3v) is 3.29. The molecule has 68 valence electrons. The molecule has 1 rings (SSSR count). The molecule has 0 saturated carbocycles. The monoisotopic (exact) mass is 205 g/mol. The Balaban J connectivity index is 2.89. The molecular weight excluding hydrogens is 194 g/mol. The normalized spacial score (nSPS) is 16.1. The zero-order valence-corrected chi connectivity index (χ0v) is 8.62. The Morgan fingerprint density at radius 1 is 1.67 bits per heavy atom. The van der Waals surface area contributed by atoms with E-state index in [4.69, 9.17) is 17.3 Å². The number of nitrogens with two attached hydrogens (primary N) is 1. The molecule has 0 bridgehead atoms. The van der Waals surface area contributed by atoms with Crippen LogP contribution >= 0.6 is 22.9 Å². The van der Waals surface area contributed by atoms with Gasteiger partial charge in [0.05, 0.1) is 5.02 Å². The molecule has 1 aromatic heterocycles. The fraction of sp³-hybridized carbons (Fsp3) is 0.500. The van der Waals surface area contributed by atoms with Crippen molar-refractivity contribution in [3.63, 3.8) is 0 Å². The molecule has 2 unspecified atom stereocenters. The summed E-state index contributed by atoms with van der Waals surface area (Å²) in [4.78, 5) is 1.86. The van der Waals surface area contributed by atoms with Crippen molar-refractivity contribution in [1.29, 1.82) is 0 Å². The van der Waals surface area contributed by atoms with Gasteiger partial charge >= 0.3 is 0 Å². The van der Waals surface area contributed by atoms with Gasteiger partial charge in [0.2, 0.25) is 0 Å². The lowest BCUT2D eigenvalue weighted by Crippen LogP contribution is -2.23. The molecule has 4 heteroatoms. The predicted octanol–water partition coefficient (Wildman–Crippen LogP) is 2.09. The lowest BCUT2D eigenvalue weighted by atomic mass is 10.2. The van der Waals surface area contributed by atoms with Gasteiger partial charge in [0, 0.05) is 15.8 Å². The van der Waals surface area contributed by atoms with E-state index >= 15 is 0 Å². The Morgan fingerprint density at radius 3 is 2.58 bits per heavy atom. The Hall–Kier alpha value is -0.0900. The van der Waals surface area contributed by atoms with Gasteiger partial charge < -0.3 is 10.8 Å². The minimum Gasteiger partial charge on any atom is -0.386 e. The quantitative estimate of drug-likeness (QED) is 0.777. The first-order chi connectivity index (χ1) is 5.52. The van der Waals surface area contributed by atoms with E-state index in [1.165, 1.54) is 11.3 Å². The van der Waals surface area contributed by atoms with Gasteiger partial charge in [-0.1, -0.05) is 11.6 Å². The molecule has 1 heterocycles. The van der Waals surface area contributed by atoms with Crippen LogP contribution in [0.2, 0.25) is 5.02 Å². The van der Waals surface area contributed by atoms with E-state index in [0.29, 0.717) is 5.02 Å². The van der Waals surface area contributed by atoms with Gasteiger partial charge in [-0.15, -0.1) is 11.3 Å². The maximum Gasteiger partial charge on any atom is 0.103 e. The van der Waals surface area contributed by atoms with Crippen LogP contribution in [0.25, 0.3) is 0 Å². The average molecular weight is 206 g/mol. The highest BCUT2D eigenvalue weighted by atomic mass is 35.5. The number of halogens is 1. The summed E-state index contributed by atoms with van der Waals surface area (Å²) in [5, 5.41) is 10.3. The largest absolute Gasteiger partial charge is 0.386 e. The minimum atomic E-state index is -0.596. The van der Waals surface area contributed by atoms with Crippen LogP contribution in [-0.2, 0) is 0 Å². The van der Waals surface area contributed by atoms with E-state index in [2.05, 4.69) is 0 Å². The Kier molecular flexibility index (Phi) is 3.12. The first kappa shape index (κ1) is 9.99. The highest BCUT2D eigenvalue weighted by molar-refractivity contribution is 7.12. The molecule has 3 N–H and O–H groups in total. The van der Waals surface area contributed by atoms with Crippen molar-refractivity contribution >= 4 is 22.9 Å². The number of aryl methyl sites for hydroxylation is 1. The standard InChI is InChI=1S/C8H12ClNOS/c1-4(10)8(11)7-3-6(9)5(2)12-7/h3-4,8,11H,10H2,1-2H3. The van der Waals surface area contributed by atoms with E-state index < -0.39 is 6.10 Å². The van der Waals surface area contributed by atoms with Crippen LogP contribution in [0.4, 0.5) is 0 Å². The predicted molar refractivity (Wildman–Crippen MR) is 52.7 cm³/mol. The molecular formula is C8H12ClNOS. The molecule has 0 aliphatic heterocycles. The van der Waals surface area contributed by atoms with Gasteiger partial charge in [-0.05, 0) is 19.9 Å². The zero-order chi connectivity index (χ0) is 9.30. The van der Waals surface area contributed by atoms with Crippen LogP contribution in [0, 0.1) is 6.92 Å². The molecule has 0 spiro atoms. The maximum atomic E-state index is 9.56. The SMILES string of the molecule is Cc1sc(C(O)C(C)N)cc1Cl. The molecule has 12 heavy (non-hydrogen) atoms. The molecule has 2 atom stereocenters. The van der Waals surface area contributed by atoms with Crippen molar-refractivity contribution in [3.8, 4) is 0 Å². The highest BCUT2D eigenvalue weighted by Crippen LogP contribution is 2.30. The second kappa shape index (κ2) is 3.75. The van der Waals surface area contributed by atoms with Crippen LogP contribution in [0.5, 0.6) is 0 Å². The lowest BCUT2D eigenvalue weighted by Gasteiger charge is -2.11. The molecule has 0 saturated heterocycles. The third-order valence-electron chi connectivity index (χ3n) is 1.67. The number of aliphatic hydroxyl groups excluding tert-OH is 1. The van der Waals surface area contributed by atoms with E-state index in [9.17, 15) is 5.11 Å². The van der Waals surface area contributed by atoms with Crippen molar-refractivity contribution < 1.29 is 5.11 Å². The highest BCUT2D eigenvalue weighted by Gasteiger charge is 2.15. The molecule has 0 aliphatic carbocycles. The van der Waals surface area contributed by atoms with E-state index in [1.54, 1.807) is 13.0 Å². The summed E-state index contributed by atoms with van der Waals surface area (Å²) in [6.45, 7) is 3.69. The van der Waals surface area contributed by atoms with Crippen LogP contribution < -0.4 is 5.73 Å². The first-order valence-electron chi connectivity index (χ1n) is 3.72. The topological polar surface area (TPSA) is 46.2 Å². The number of hydrogen-bond acceptors (Lipinski definition) is 3. The summed E-state index contributed by atoms with van der Waals surface area (Å²) in [6.07, 6.45) is -0.596. The average Bonchev–Trinajstić information content (AvgIpc) is 2.30. The molecule has 0 aliphatic rings. The third kappa shape index (κ3) is 1.98. The number of aliphatic hydroxyl groups is 1. The van der Waals surface area contributed by atoms with Gasteiger partial charge in [-0.25, -0.2) is 0 Å². The van der Waals surface area contributed by atoms with Gasteiger partial charge in [0.1, 0.15) is 6.10 Å². The number of hydrogen-bond donors (Lipinski definition) is 2. The second-order valence-electron chi connectivity index (χ2n) is 2.86. The fourth-order valence-electron chi connectivity index (χ4n) is 0.886. The molecule has 0 aromatic carbocycles. The van der Waals surface area contributed by atoms with Crippen molar-refractivity contribution in [2.75, 3.05) is 0 Å². The number of rotatable bonds is 2. The summed E-state index contributed by atoms with van der Waals surface area (Å²) in [7, 11) is 0. The van der Waals surface area contributed by atoms with E-state index in [1.807, 2.05) is 6.92 Å². The summed E-state index contributed by atoms with van der Waals surface area (Å²) in [5.74, 6) is 0. The summed E-state index contributed by atoms with van der Waals surface area (Å²) >= 11 is 7.33. The lowest BCUT2D eigenvalue weighted by molar-refractivity contribution is 0.157. The van der Waals surface area contributed by atoms with Gasteiger partial charge in [0.25, 0.3) is 0 Å². The first-order valence-corrected chi connectivity index (χ1v) is 4.91. The molecule has 0 radical (unpaired) electrons. The van der Waals surface area contributed by atoms with Crippen LogP contribution in [-0.4, -0.2) is 11.1 Å². The van der Waals surface area contributed by atoms with E-state index in [-0.39, 0.29) is 6.04 Å². The van der Waals surface area contributed by atoms with Gasteiger partial charge in [-0.3, -0.25) is 0 Å². The molecule has 1 aromatic rings. The van der Waals surface area contributed by atoms with E-state index in [0.717, 1.165) is 9.75 Å². The van der Waals surface area contributed by atoms with Crippen molar-refractivity contribution in [1.82, 2.24) is 0 Å². The van der Waals surface area contributed by atoms with Crippen molar-refractivity contribution in [2.45, 2.75) is 26.0 Å². The molecule has 0 amide bonds. The number of thiophene rings is 1. The fourth-order valence-corrected chi connectivity index (χ4v) is 2.21. The summed E-state index contributed by atoms with van der Waals surface area (Å²) < 4.78 is 0. The van der Waals surface area contributed by atoms with Gasteiger partial charge in [0.15, 0.2) is 0 Å². The molecule has 2 nitrogen and oxygen atoms in total. The Labute approximate surface area is 81.0 Å². The summed E-state index contributed by atoms with van der Waals surface area (Å²) in [5.41, 5.74) is 5.54. The minimum absolute atomic E-state index is 0.251. The maximum absolute atomic E-state index is 9.56. The second-order valence-corrected chi connectivity index (χ2v) is 4.55. The van der Waals surface area contributed by atoms with Crippen molar-refractivity contribution in [3.05, 3.63) is 20.8 Å². The van der Waals surface area contributed by atoms with Crippen LogP contribution in [0.15, 0.2) is 6.07 Å². The Morgan fingerprint density at radius 2 is 2.25 bits per heavy atom. The summed E-state index contributed by atoms with van der Waals surface area (Å²) in [6, 6.07) is 1.52. The van der Waals surface area contributed by atoms with Gasteiger partial charge in [-0.2, -0.15) is 0 Å². The van der Waals surface area contributed by atoms with Crippen molar-refractivity contribution in [2.24, 2.45) is 5.73 Å².